The highest BCUT2D eigenvalue weighted by Gasteiger charge is 2.48. The van der Waals surface area contributed by atoms with Gasteiger partial charge < -0.3 is 5.73 Å². The summed E-state index contributed by atoms with van der Waals surface area (Å²) >= 11 is 0. The van der Waals surface area contributed by atoms with Crippen molar-refractivity contribution >= 4 is 0 Å². The van der Waals surface area contributed by atoms with Crippen molar-refractivity contribution in [3.8, 4) is 0 Å². The highest BCUT2D eigenvalue weighted by Crippen LogP contribution is 2.54. The van der Waals surface area contributed by atoms with Crippen molar-refractivity contribution in [1.82, 2.24) is 0 Å². The van der Waals surface area contributed by atoms with Crippen LogP contribution in [0.25, 0.3) is 0 Å². The molecule has 1 nitrogen and oxygen atoms in total. The molecule has 2 aliphatic carbocycles. The SMILES string of the molecule is CC1(C)CC1C(N)CC1=CCCC1. The Hall–Kier alpha value is -0.300. The van der Waals surface area contributed by atoms with Gasteiger partial charge in [0.1, 0.15) is 0 Å². The van der Waals surface area contributed by atoms with Crippen molar-refractivity contribution in [2.45, 2.75) is 52.0 Å². The lowest BCUT2D eigenvalue weighted by atomic mass is 9.98. The van der Waals surface area contributed by atoms with Gasteiger partial charge in [-0.05, 0) is 43.4 Å². The van der Waals surface area contributed by atoms with Crippen LogP contribution < -0.4 is 5.73 Å². The number of hydrogen-bond acceptors (Lipinski definition) is 1. The van der Waals surface area contributed by atoms with Gasteiger partial charge >= 0.3 is 0 Å². The van der Waals surface area contributed by atoms with Crippen LogP contribution in [0.5, 0.6) is 0 Å². The standard InChI is InChI=1S/C12H21N/c1-12(2)8-10(12)11(13)7-9-5-3-4-6-9/h5,10-11H,3-4,6-8,13H2,1-2H3. The molecule has 13 heavy (non-hydrogen) atoms. The van der Waals surface area contributed by atoms with Gasteiger partial charge in [0.25, 0.3) is 0 Å². The van der Waals surface area contributed by atoms with Gasteiger partial charge in [0.2, 0.25) is 0 Å². The number of rotatable bonds is 3. The lowest BCUT2D eigenvalue weighted by molar-refractivity contribution is 0.473. The number of allylic oxidation sites excluding steroid dienone is 1. The van der Waals surface area contributed by atoms with E-state index >= 15 is 0 Å². The van der Waals surface area contributed by atoms with Crippen LogP contribution in [0, 0.1) is 11.3 Å². The van der Waals surface area contributed by atoms with Crippen molar-refractivity contribution in [2.24, 2.45) is 17.1 Å². The van der Waals surface area contributed by atoms with E-state index in [2.05, 4.69) is 19.9 Å². The van der Waals surface area contributed by atoms with Gasteiger partial charge in [-0.25, -0.2) is 0 Å². The van der Waals surface area contributed by atoms with Crippen molar-refractivity contribution in [2.75, 3.05) is 0 Å². The lowest BCUT2D eigenvalue weighted by Gasteiger charge is -2.13. The topological polar surface area (TPSA) is 26.0 Å². The molecule has 74 valence electrons. The highest BCUT2D eigenvalue weighted by molar-refractivity contribution is 5.12. The van der Waals surface area contributed by atoms with E-state index in [1.807, 2.05) is 0 Å². The van der Waals surface area contributed by atoms with E-state index in [9.17, 15) is 0 Å². The molecule has 0 saturated heterocycles. The molecule has 1 heteroatoms. The molecule has 0 amide bonds. The van der Waals surface area contributed by atoms with Crippen LogP contribution in [-0.2, 0) is 0 Å². The summed E-state index contributed by atoms with van der Waals surface area (Å²) in [5.41, 5.74) is 8.35. The molecular formula is C12H21N. The van der Waals surface area contributed by atoms with Crippen LogP contribution in [0.4, 0.5) is 0 Å². The lowest BCUT2D eigenvalue weighted by Crippen LogP contribution is -2.25. The molecule has 0 aromatic rings. The van der Waals surface area contributed by atoms with Gasteiger partial charge in [-0.2, -0.15) is 0 Å². The Balaban J connectivity index is 1.82. The van der Waals surface area contributed by atoms with Crippen LogP contribution in [0.15, 0.2) is 11.6 Å². The predicted octanol–water partition coefficient (Wildman–Crippen LogP) is 2.86. The molecule has 2 rings (SSSR count). The minimum atomic E-state index is 0.430. The third-order valence-electron chi connectivity index (χ3n) is 3.74. The van der Waals surface area contributed by atoms with Crippen LogP contribution in [-0.4, -0.2) is 6.04 Å². The van der Waals surface area contributed by atoms with E-state index in [4.69, 9.17) is 5.73 Å². The molecule has 1 saturated carbocycles. The summed E-state index contributed by atoms with van der Waals surface area (Å²) in [7, 11) is 0. The third kappa shape index (κ3) is 1.96. The van der Waals surface area contributed by atoms with Crippen molar-refractivity contribution < 1.29 is 0 Å². The Kier molecular flexibility index (Phi) is 2.23. The molecule has 0 aliphatic heterocycles. The van der Waals surface area contributed by atoms with Gasteiger partial charge in [0, 0.05) is 6.04 Å². The summed E-state index contributed by atoms with van der Waals surface area (Å²) in [6.07, 6.45) is 8.85. The molecule has 2 unspecified atom stereocenters. The largest absolute Gasteiger partial charge is 0.327 e. The molecule has 1 fully saturated rings. The first kappa shape index (κ1) is 9.26. The first-order chi connectivity index (χ1) is 6.09. The van der Waals surface area contributed by atoms with E-state index in [1.165, 1.54) is 25.7 Å². The Morgan fingerprint density at radius 1 is 1.62 bits per heavy atom. The molecule has 0 spiro atoms. The summed E-state index contributed by atoms with van der Waals surface area (Å²) in [4.78, 5) is 0. The normalized spacial score (nSPS) is 32.8. The van der Waals surface area contributed by atoms with Gasteiger partial charge in [-0.3, -0.25) is 0 Å². The monoisotopic (exact) mass is 179 g/mol. The molecule has 0 heterocycles. The van der Waals surface area contributed by atoms with E-state index in [0.29, 0.717) is 11.5 Å². The molecule has 2 atom stereocenters. The summed E-state index contributed by atoms with van der Waals surface area (Å²) < 4.78 is 0. The zero-order chi connectivity index (χ0) is 9.47. The molecule has 0 aromatic heterocycles. The first-order valence-electron chi connectivity index (χ1n) is 5.53. The second kappa shape index (κ2) is 3.13. The number of nitrogens with two attached hydrogens (primary N) is 1. The quantitative estimate of drug-likeness (QED) is 0.662. The Morgan fingerprint density at radius 3 is 2.77 bits per heavy atom. The smallest absolute Gasteiger partial charge is 0.0110 e. The third-order valence-corrected chi connectivity index (χ3v) is 3.74. The minimum absolute atomic E-state index is 0.430. The Labute approximate surface area is 81.4 Å². The Bertz CT molecular complexity index is 227. The summed E-state index contributed by atoms with van der Waals surface area (Å²) in [5, 5.41) is 0. The summed E-state index contributed by atoms with van der Waals surface area (Å²) in [6, 6.07) is 0.430. The maximum atomic E-state index is 6.19. The van der Waals surface area contributed by atoms with Crippen LogP contribution in [0.1, 0.15) is 46.0 Å². The average molecular weight is 179 g/mol. The number of hydrogen-bond donors (Lipinski definition) is 1. The maximum Gasteiger partial charge on any atom is 0.0110 e. The minimum Gasteiger partial charge on any atom is -0.327 e. The molecule has 2 aliphatic rings. The second-order valence-electron chi connectivity index (χ2n) is 5.42. The van der Waals surface area contributed by atoms with Crippen LogP contribution in [0.3, 0.4) is 0 Å². The molecular weight excluding hydrogens is 158 g/mol. The fraction of sp³-hybridized carbons (Fsp3) is 0.833. The molecule has 0 bridgehead atoms. The van der Waals surface area contributed by atoms with Crippen molar-refractivity contribution in [3.63, 3.8) is 0 Å². The van der Waals surface area contributed by atoms with E-state index in [1.54, 1.807) is 5.57 Å². The molecule has 0 aromatic carbocycles. The molecule has 2 N–H and O–H groups in total. The average Bonchev–Trinajstić information content (AvgIpc) is 2.49. The summed E-state index contributed by atoms with van der Waals surface area (Å²) in [6.45, 7) is 4.67. The fourth-order valence-corrected chi connectivity index (χ4v) is 2.61. The van der Waals surface area contributed by atoms with Crippen molar-refractivity contribution in [3.05, 3.63) is 11.6 Å². The van der Waals surface area contributed by atoms with Gasteiger partial charge in [-0.15, -0.1) is 0 Å². The van der Waals surface area contributed by atoms with Crippen LogP contribution >= 0.6 is 0 Å². The zero-order valence-corrected chi connectivity index (χ0v) is 8.84. The fourth-order valence-electron chi connectivity index (χ4n) is 2.61. The van der Waals surface area contributed by atoms with Gasteiger partial charge in [0.15, 0.2) is 0 Å². The van der Waals surface area contributed by atoms with E-state index < -0.39 is 0 Å². The second-order valence-corrected chi connectivity index (χ2v) is 5.42. The van der Waals surface area contributed by atoms with E-state index in [-0.39, 0.29) is 0 Å². The molecule has 0 radical (unpaired) electrons. The first-order valence-corrected chi connectivity index (χ1v) is 5.53. The zero-order valence-electron chi connectivity index (χ0n) is 8.84. The van der Waals surface area contributed by atoms with Gasteiger partial charge in [0.05, 0.1) is 0 Å². The van der Waals surface area contributed by atoms with Crippen LogP contribution in [0.2, 0.25) is 0 Å². The Morgan fingerprint density at radius 2 is 2.31 bits per heavy atom. The van der Waals surface area contributed by atoms with E-state index in [0.717, 1.165) is 12.3 Å². The highest BCUT2D eigenvalue weighted by atomic mass is 14.7. The maximum absolute atomic E-state index is 6.19. The van der Waals surface area contributed by atoms with Gasteiger partial charge in [-0.1, -0.05) is 25.5 Å². The summed E-state index contributed by atoms with van der Waals surface area (Å²) in [5.74, 6) is 0.786. The van der Waals surface area contributed by atoms with Crippen molar-refractivity contribution in [1.29, 1.82) is 0 Å². The predicted molar refractivity (Wildman–Crippen MR) is 56.4 cm³/mol.